The van der Waals surface area contributed by atoms with Gasteiger partial charge in [0.15, 0.2) is 16.1 Å². The van der Waals surface area contributed by atoms with Crippen LogP contribution in [0.2, 0.25) is 5.15 Å². The van der Waals surface area contributed by atoms with Gasteiger partial charge in [0.25, 0.3) is 0 Å². The van der Waals surface area contributed by atoms with Gasteiger partial charge in [-0.1, -0.05) is 23.7 Å². The van der Waals surface area contributed by atoms with Gasteiger partial charge in [-0.25, -0.2) is 9.97 Å². The number of benzene rings is 1. The summed E-state index contributed by atoms with van der Waals surface area (Å²) in [4.78, 5) is 7.98. The van der Waals surface area contributed by atoms with E-state index >= 15 is 0 Å². The molecule has 0 amide bonds. The monoisotopic (exact) mass is 322 g/mol. The van der Waals surface area contributed by atoms with E-state index in [9.17, 15) is 0 Å². The summed E-state index contributed by atoms with van der Waals surface area (Å²) in [6.07, 6.45) is 3.90. The number of rotatable bonds is 5. The molecule has 0 unspecified atom stereocenters. The molecule has 0 radical (unpaired) electrons. The Hall–Kier alpha value is -1.92. The summed E-state index contributed by atoms with van der Waals surface area (Å²) < 4.78 is 5.19. The van der Waals surface area contributed by atoms with Crippen molar-refractivity contribution in [3.8, 4) is 5.75 Å². The van der Waals surface area contributed by atoms with Crippen molar-refractivity contribution in [2.75, 3.05) is 19.0 Å². The molecule has 7 heteroatoms. The Morgan fingerprint density at radius 1 is 1.33 bits per heavy atom. The number of aromatic nitrogens is 2. The molecule has 1 aromatic carbocycles. The van der Waals surface area contributed by atoms with E-state index in [1.807, 2.05) is 24.3 Å². The fourth-order valence-corrected chi connectivity index (χ4v) is 2.06. The van der Waals surface area contributed by atoms with Crippen LogP contribution in [0.1, 0.15) is 5.56 Å². The third-order valence-electron chi connectivity index (χ3n) is 2.72. The standard InChI is InChI=1S/C14H15ClN4OS/c1-20-11-4-2-3-10(9-11)5-6-18-14(21)19-13-12(15)16-7-8-17-13/h2-4,7-9H,5-6H2,1H3,(H2,17,18,19,21). The molecule has 0 aliphatic heterocycles. The Morgan fingerprint density at radius 2 is 2.14 bits per heavy atom. The number of ether oxygens (including phenoxy) is 1. The molecule has 2 N–H and O–H groups in total. The average molecular weight is 323 g/mol. The number of halogens is 1. The minimum atomic E-state index is 0.287. The summed E-state index contributed by atoms with van der Waals surface area (Å²) in [6.45, 7) is 0.691. The first-order valence-corrected chi connectivity index (χ1v) is 7.12. The molecule has 1 heterocycles. The fraction of sp³-hybridized carbons (Fsp3) is 0.214. The van der Waals surface area contributed by atoms with Crippen LogP contribution in [0.3, 0.4) is 0 Å². The van der Waals surface area contributed by atoms with Gasteiger partial charge in [-0.3, -0.25) is 0 Å². The van der Waals surface area contributed by atoms with Gasteiger partial charge < -0.3 is 15.4 Å². The number of thiocarbonyl (C=S) groups is 1. The Morgan fingerprint density at radius 3 is 2.90 bits per heavy atom. The lowest BCUT2D eigenvalue weighted by Crippen LogP contribution is -2.30. The molecule has 1 aromatic heterocycles. The third kappa shape index (κ3) is 4.84. The predicted molar refractivity (Wildman–Crippen MR) is 88.0 cm³/mol. The molecule has 5 nitrogen and oxygen atoms in total. The Bertz CT molecular complexity index is 623. The predicted octanol–water partition coefficient (Wildman–Crippen LogP) is 2.67. The number of nitrogens with zero attached hydrogens (tertiary/aromatic N) is 2. The highest BCUT2D eigenvalue weighted by molar-refractivity contribution is 7.80. The van der Waals surface area contributed by atoms with Crippen molar-refractivity contribution in [3.63, 3.8) is 0 Å². The van der Waals surface area contributed by atoms with Crippen LogP contribution in [0.5, 0.6) is 5.75 Å². The first kappa shape index (κ1) is 15.5. The molecular weight excluding hydrogens is 308 g/mol. The fourth-order valence-electron chi connectivity index (χ4n) is 1.70. The van der Waals surface area contributed by atoms with Crippen molar-refractivity contribution in [2.45, 2.75) is 6.42 Å². The number of hydrogen-bond acceptors (Lipinski definition) is 4. The van der Waals surface area contributed by atoms with Gasteiger partial charge in [0.05, 0.1) is 7.11 Å². The van der Waals surface area contributed by atoms with Crippen LogP contribution in [0, 0.1) is 0 Å². The normalized spacial score (nSPS) is 10.0. The molecule has 0 atom stereocenters. The second kappa shape index (κ2) is 7.75. The van der Waals surface area contributed by atoms with Crippen molar-refractivity contribution in [1.29, 1.82) is 0 Å². The zero-order chi connectivity index (χ0) is 15.1. The Kier molecular flexibility index (Phi) is 5.71. The summed E-state index contributed by atoms with van der Waals surface area (Å²) in [7, 11) is 1.65. The summed E-state index contributed by atoms with van der Waals surface area (Å²) in [5, 5.41) is 6.75. The Labute approximate surface area is 133 Å². The molecule has 0 saturated heterocycles. The van der Waals surface area contributed by atoms with Crippen LogP contribution >= 0.6 is 23.8 Å². The second-order valence-electron chi connectivity index (χ2n) is 4.18. The molecule has 0 spiro atoms. The van der Waals surface area contributed by atoms with Gasteiger partial charge in [-0.15, -0.1) is 0 Å². The van der Waals surface area contributed by atoms with Crippen LogP contribution < -0.4 is 15.4 Å². The maximum Gasteiger partial charge on any atom is 0.172 e. The first-order chi connectivity index (χ1) is 10.2. The van der Waals surface area contributed by atoms with E-state index in [0.717, 1.165) is 12.2 Å². The summed E-state index contributed by atoms with van der Waals surface area (Å²) in [6, 6.07) is 7.92. The molecule has 0 bridgehead atoms. The van der Waals surface area contributed by atoms with E-state index in [1.165, 1.54) is 11.8 Å². The minimum Gasteiger partial charge on any atom is -0.497 e. The van der Waals surface area contributed by atoms with Crippen molar-refractivity contribution in [3.05, 3.63) is 47.4 Å². The van der Waals surface area contributed by atoms with Gasteiger partial charge >= 0.3 is 0 Å². The lowest BCUT2D eigenvalue weighted by molar-refractivity contribution is 0.414. The SMILES string of the molecule is COc1cccc(CCNC(=S)Nc2nccnc2Cl)c1. The van der Waals surface area contributed by atoms with E-state index in [2.05, 4.69) is 20.6 Å². The zero-order valence-corrected chi connectivity index (χ0v) is 13.0. The molecule has 21 heavy (non-hydrogen) atoms. The van der Waals surface area contributed by atoms with Crippen molar-refractivity contribution in [1.82, 2.24) is 15.3 Å². The first-order valence-electron chi connectivity index (χ1n) is 6.33. The van der Waals surface area contributed by atoms with Crippen molar-refractivity contribution in [2.24, 2.45) is 0 Å². The molecule has 2 aromatic rings. The number of nitrogens with one attached hydrogen (secondary N) is 2. The van der Waals surface area contributed by atoms with E-state index in [1.54, 1.807) is 13.3 Å². The topological polar surface area (TPSA) is 59.1 Å². The summed E-state index contributed by atoms with van der Waals surface area (Å²) in [5.74, 6) is 1.29. The number of methoxy groups -OCH3 is 1. The van der Waals surface area contributed by atoms with Crippen LogP contribution in [0.25, 0.3) is 0 Å². The van der Waals surface area contributed by atoms with Crippen molar-refractivity contribution >= 4 is 34.7 Å². The van der Waals surface area contributed by atoms with Crippen LogP contribution in [-0.4, -0.2) is 28.7 Å². The quantitative estimate of drug-likeness (QED) is 0.825. The highest BCUT2D eigenvalue weighted by Gasteiger charge is 2.04. The molecule has 2 rings (SSSR count). The van der Waals surface area contributed by atoms with Crippen molar-refractivity contribution < 1.29 is 4.74 Å². The zero-order valence-electron chi connectivity index (χ0n) is 11.5. The van der Waals surface area contributed by atoms with E-state index < -0.39 is 0 Å². The average Bonchev–Trinajstić information content (AvgIpc) is 2.50. The molecule has 0 aliphatic carbocycles. The third-order valence-corrected chi connectivity index (χ3v) is 3.24. The molecule has 0 aliphatic rings. The lowest BCUT2D eigenvalue weighted by Gasteiger charge is -2.10. The van der Waals surface area contributed by atoms with Gasteiger partial charge in [-0.05, 0) is 36.3 Å². The maximum absolute atomic E-state index is 5.89. The molecule has 110 valence electrons. The summed E-state index contributed by atoms with van der Waals surface area (Å²) in [5.41, 5.74) is 1.17. The smallest absolute Gasteiger partial charge is 0.172 e. The van der Waals surface area contributed by atoms with Gasteiger partial charge in [-0.2, -0.15) is 0 Å². The highest BCUT2D eigenvalue weighted by Crippen LogP contribution is 2.14. The molecule has 0 fully saturated rings. The van der Waals surface area contributed by atoms with Gasteiger partial charge in [0.2, 0.25) is 0 Å². The van der Waals surface area contributed by atoms with E-state index in [0.29, 0.717) is 17.5 Å². The van der Waals surface area contributed by atoms with Gasteiger partial charge in [0.1, 0.15) is 5.75 Å². The second-order valence-corrected chi connectivity index (χ2v) is 4.94. The highest BCUT2D eigenvalue weighted by atomic mass is 35.5. The minimum absolute atomic E-state index is 0.287. The molecule has 0 saturated carbocycles. The van der Waals surface area contributed by atoms with Crippen LogP contribution in [-0.2, 0) is 6.42 Å². The molecular formula is C14H15ClN4OS. The Balaban J connectivity index is 1.80. The van der Waals surface area contributed by atoms with E-state index in [-0.39, 0.29) is 5.15 Å². The van der Waals surface area contributed by atoms with Crippen LogP contribution in [0.15, 0.2) is 36.7 Å². The van der Waals surface area contributed by atoms with Crippen LogP contribution in [0.4, 0.5) is 5.82 Å². The maximum atomic E-state index is 5.89. The van der Waals surface area contributed by atoms with Gasteiger partial charge in [0, 0.05) is 18.9 Å². The lowest BCUT2D eigenvalue weighted by atomic mass is 10.1. The number of hydrogen-bond donors (Lipinski definition) is 2. The largest absolute Gasteiger partial charge is 0.497 e. The summed E-state index contributed by atoms with van der Waals surface area (Å²) >= 11 is 11.1. The van der Waals surface area contributed by atoms with E-state index in [4.69, 9.17) is 28.6 Å². The number of anilines is 1.